The number of nitrogens with zero attached hydrogens (tertiary/aromatic N) is 4. The number of hydrogen-bond acceptors (Lipinski definition) is 11. The van der Waals surface area contributed by atoms with Crippen LogP contribution in [-0.2, 0) is 14.3 Å². The first-order valence-electron chi connectivity index (χ1n) is 9.94. The Morgan fingerprint density at radius 3 is 2.29 bits per heavy atom. The van der Waals surface area contributed by atoms with Crippen molar-refractivity contribution in [3.8, 4) is 5.75 Å². The minimum absolute atomic E-state index is 0.0341. The molecule has 1 unspecified atom stereocenters. The molecule has 2 aromatic carbocycles. The van der Waals surface area contributed by atoms with E-state index < -0.39 is 45.0 Å². The van der Waals surface area contributed by atoms with Gasteiger partial charge in [0.15, 0.2) is 11.9 Å². The number of anilines is 2. The molecule has 0 spiro atoms. The summed E-state index contributed by atoms with van der Waals surface area (Å²) in [6, 6.07) is 4.45. The molecule has 1 atom stereocenters. The molecule has 0 aliphatic rings. The number of esters is 1. The average Bonchev–Trinajstić information content (AvgIpc) is 2.77. The highest BCUT2D eigenvalue weighted by molar-refractivity contribution is 6.33. The van der Waals surface area contributed by atoms with Gasteiger partial charge in [0.05, 0.1) is 39.4 Å². The molecule has 2 rings (SSSR count). The molecule has 0 fully saturated rings. The van der Waals surface area contributed by atoms with Crippen molar-refractivity contribution in [2.45, 2.75) is 33.4 Å². The van der Waals surface area contributed by atoms with Crippen molar-refractivity contribution in [3.05, 3.63) is 49.5 Å². The number of hydrogen-bond donors (Lipinski definition) is 2. The third-order valence-corrected chi connectivity index (χ3v) is 4.61. The van der Waals surface area contributed by atoms with Crippen molar-refractivity contribution in [2.24, 2.45) is 10.2 Å². The molecular formula is C20H21ClN6O8. The number of carbonyl (C=O) groups is 2. The summed E-state index contributed by atoms with van der Waals surface area (Å²) < 4.78 is 10.5. The summed E-state index contributed by atoms with van der Waals surface area (Å²) in [4.78, 5) is 43.8. The first kappa shape index (κ1) is 26.9. The van der Waals surface area contributed by atoms with E-state index >= 15 is 0 Å². The monoisotopic (exact) mass is 508 g/mol. The second-order valence-corrected chi connectivity index (χ2v) is 7.32. The number of nitro benzene ring substituents is 2. The van der Waals surface area contributed by atoms with Crippen LogP contribution < -0.4 is 15.4 Å². The summed E-state index contributed by atoms with van der Waals surface area (Å²) in [5.41, 5.74) is -1.21. The van der Waals surface area contributed by atoms with Crippen molar-refractivity contribution >= 4 is 57.6 Å². The van der Waals surface area contributed by atoms with Gasteiger partial charge in [-0.25, -0.2) is 0 Å². The van der Waals surface area contributed by atoms with E-state index in [2.05, 4.69) is 20.9 Å². The minimum Gasteiger partial charge on any atom is -0.495 e. The number of rotatable bonds is 10. The Hall–Kier alpha value is -4.33. The Kier molecular flexibility index (Phi) is 8.99. The standard InChI is InChI=1S/C20H21ClN6O8/c1-5-19(35-11(3)29)23-16-8-14(22-10(2)28)15(9-18(16)34-4)24-25-20-13(21)6-12(26(30)31)7-17(20)27(32)33/h6-9,19,23H,5H2,1-4H3,(H,22,28). The van der Waals surface area contributed by atoms with Crippen molar-refractivity contribution < 1.29 is 28.9 Å². The van der Waals surface area contributed by atoms with Crippen LogP contribution in [0.15, 0.2) is 34.5 Å². The molecule has 0 radical (unpaired) electrons. The van der Waals surface area contributed by atoms with Gasteiger partial charge >= 0.3 is 11.7 Å². The zero-order chi connectivity index (χ0) is 26.3. The van der Waals surface area contributed by atoms with Gasteiger partial charge in [-0.15, -0.1) is 10.2 Å². The number of non-ortho nitro benzene ring substituents is 1. The Morgan fingerprint density at radius 1 is 1.09 bits per heavy atom. The summed E-state index contributed by atoms with van der Waals surface area (Å²) in [7, 11) is 1.37. The first-order valence-corrected chi connectivity index (χ1v) is 10.3. The third-order valence-electron chi connectivity index (χ3n) is 4.32. The number of ether oxygens (including phenoxy) is 2. The van der Waals surface area contributed by atoms with Crippen LogP contribution in [0.4, 0.5) is 34.1 Å². The summed E-state index contributed by atoms with van der Waals surface area (Å²) in [5, 5.41) is 35.4. The van der Waals surface area contributed by atoms with Gasteiger partial charge < -0.3 is 20.1 Å². The Balaban J connectivity index is 2.59. The molecule has 0 aromatic heterocycles. The predicted molar refractivity (Wildman–Crippen MR) is 126 cm³/mol. The van der Waals surface area contributed by atoms with Gasteiger partial charge in [0.25, 0.3) is 5.69 Å². The molecule has 0 heterocycles. The van der Waals surface area contributed by atoms with E-state index in [0.29, 0.717) is 18.2 Å². The third kappa shape index (κ3) is 7.07. The summed E-state index contributed by atoms with van der Waals surface area (Å²) in [6.45, 7) is 4.30. The van der Waals surface area contributed by atoms with Crippen LogP contribution in [0, 0.1) is 20.2 Å². The molecule has 0 saturated heterocycles. The predicted octanol–water partition coefficient (Wildman–Crippen LogP) is 5.25. The highest BCUT2D eigenvalue weighted by Gasteiger charge is 2.24. The number of benzene rings is 2. The lowest BCUT2D eigenvalue weighted by Crippen LogP contribution is -2.24. The lowest BCUT2D eigenvalue weighted by molar-refractivity contribution is -0.393. The Labute approximate surface area is 203 Å². The fraction of sp³-hybridized carbons (Fsp3) is 0.300. The summed E-state index contributed by atoms with van der Waals surface area (Å²) in [6.07, 6.45) is -0.275. The van der Waals surface area contributed by atoms with Crippen LogP contribution in [0.5, 0.6) is 5.75 Å². The number of azo groups is 1. The summed E-state index contributed by atoms with van der Waals surface area (Å²) in [5.74, 6) is -0.732. The molecule has 2 aromatic rings. The molecule has 0 aliphatic carbocycles. The van der Waals surface area contributed by atoms with E-state index in [-0.39, 0.29) is 22.1 Å². The molecule has 14 nitrogen and oxygen atoms in total. The number of methoxy groups -OCH3 is 1. The largest absolute Gasteiger partial charge is 0.495 e. The maximum atomic E-state index is 11.7. The number of halogens is 1. The normalized spacial score (nSPS) is 11.6. The van der Waals surface area contributed by atoms with Gasteiger partial charge in [-0.3, -0.25) is 29.8 Å². The number of carbonyl (C=O) groups excluding carboxylic acids is 2. The number of nitro groups is 2. The van der Waals surface area contributed by atoms with Crippen LogP contribution in [0.25, 0.3) is 0 Å². The highest BCUT2D eigenvalue weighted by Crippen LogP contribution is 2.42. The summed E-state index contributed by atoms with van der Waals surface area (Å²) >= 11 is 6.00. The van der Waals surface area contributed by atoms with Gasteiger partial charge in [0.1, 0.15) is 11.4 Å². The minimum atomic E-state index is -0.879. The molecule has 186 valence electrons. The van der Waals surface area contributed by atoms with E-state index in [1.165, 1.54) is 33.1 Å². The molecule has 0 bridgehead atoms. The van der Waals surface area contributed by atoms with Crippen molar-refractivity contribution in [1.29, 1.82) is 0 Å². The second-order valence-electron chi connectivity index (χ2n) is 6.91. The Morgan fingerprint density at radius 2 is 1.77 bits per heavy atom. The van der Waals surface area contributed by atoms with Crippen LogP contribution in [-0.4, -0.2) is 35.1 Å². The van der Waals surface area contributed by atoms with Crippen LogP contribution in [0.1, 0.15) is 27.2 Å². The van der Waals surface area contributed by atoms with Gasteiger partial charge in [0.2, 0.25) is 5.91 Å². The van der Waals surface area contributed by atoms with Crippen molar-refractivity contribution in [1.82, 2.24) is 0 Å². The quantitative estimate of drug-likeness (QED) is 0.142. The molecule has 0 aliphatic heterocycles. The zero-order valence-electron chi connectivity index (χ0n) is 19.0. The van der Waals surface area contributed by atoms with Gasteiger partial charge in [-0.2, -0.15) is 0 Å². The number of nitrogens with one attached hydrogen (secondary N) is 2. The van der Waals surface area contributed by atoms with Gasteiger partial charge in [-0.1, -0.05) is 18.5 Å². The second kappa shape index (κ2) is 11.7. The van der Waals surface area contributed by atoms with E-state index in [0.717, 1.165) is 6.07 Å². The van der Waals surface area contributed by atoms with Crippen LogP contribution >= 0.6 is 11.6 Å². The SMILES string of the molecule is CCC(Nc1cc(NC(C)=O)c(N=Nc2c(Cl)cc([N+](=O)[O-])cc2[N+](=O)[O-])cc1OC)OC(C)=O. The highest BCUT2D eigenvalue weighted by atomic mass is 35.5. The van der Waals surface area contributed by atoms with Gasteiger partial charge in [-0.05, 0) is 6.07 Å². The molecular weight excluding hydrogens is 488 g/mol. The Bertz CT molecular complexity index is 1200. The molecule has 2 N–H and O–H groups in total. The fourth-order valence-electron chi connectivity index (χ4n) is 2.83. The lowest BCUT2D eigenvalue weighted by Gasteiger charge is -2.21. The molecule has 1 amide bonds. The van der Waals surface area contributed by atoms with E-state index in [4.69, 9.17) is 21.1 Å². The number of amides is 1. The van der Waals surface area contributed by atoms with Crippen LogP contribution in [0.3, 0.4) is 0 Å². The van der Waals surface area contributed by atoms with E-state index in [9.17, 15) is 29.8 Å². The molecule has 15 heteroatoms. The van der Waals surface area contributed by atoms with E-state index in [1.807, 2.05) is 0 Å². The van der Waals surface area contributed by atoms with Crippen molar-refractivity contribution in [2.75, 3.05) is 17.7 Å². The van der Waals surface area contributed by atoms with Crippen molar-refractivity contribution in [3.63, 3.8) is 0 Å². The first-order chi connectivity index (χ1) is 16.5. The fourth-order valence-corrected chi connectivity index (χ4v) is 3.08. The van der Waals surface area contributed by atoms with E-state index in [1.54, 1.807) is 6.92 Å². The van der Waals surface area contributed by atoms with Gasteiger partial charge in [0, 0.05) is 32.4 Å². The topological polar surface area (TPSA) is 188 Å². The molecule has 35 heavy (non-hydrogen) atoms. The van der Waals surface area contributed by atoms with Crippen LogP contribution in [0.2, 0.25) is 5.02 Å². The maximum absolute atomic E-state index is 11.7. The zero-order valence-corrected chi connectivity index (χ0v) is 19.8. The maximum Gasteiger partial charge on any atom is 0.305 e. The smallest absolute Gasteiger partial charge is 0.305 e. The average molecular weight is 509 g/mol. The molecule has 0 saturated carbocycles. The lowest BCUT2D eigenvalue weighted by atomic mass is 10.2.